The Bertz CT molecular complexity index is 103. The van der Waals surface area contributed by atoms with Crippen molar-refractivity contribution >= 4 is 6.21 Å². The Morgan fingerprint density at radius 3 is 2.25 bits per heavy atom. The summed E-state index contributed by atoms with van der Waals surface area (Å²) in [7, 11) is 0. The number of hydrogen-bond acceptors (Lipinski definition) is 2. The molecule has 0 saturated heterocycles. The summed E-state index contributed by atoms with van der Waals surface area (Å²) in [5.41, 5.74) is 5.83. The van der Waals surface area contributed by atoms with Crippen molar-refractivity contribution in [1.82, 2.24) is 0 Å². The number of nitrogens with one attached hydrogen (secondary N) is 1. The molecule has 0 bridgehead atoms. The van der Waals surface area contributed by atoms with Crippen LogP contribution in [0, 0.1) is 11.3 Å². The normalized spacial score (nSPS) is 12.1. The second-order valence-electron chi connectivity index (χ2n) is 2.06. The van der Waals surface area contributed by atoms with E-state index in [1.54, 1.807) is 0 Å². The largest absolute Gasteiger partial charge is 0.398 e. The summed E-state index contributed by atoms with van der Waals surface area (Å²) < 4.78 is 0. The van der Waals surface area contributed by atoms with Crippen LogP contribution in [0.15, 0.2) is 11.8 Å². The van der Waals surface area contributed by atoms with Crippen molar-refractivity contribution in [3.05, 3.63) is 11.8 Å². The minimum atomic E-state index is 0.441. The molecule has 2 heteroatoms. The van der Waals surface area contributed by atoms with Crippen molar-refractivity contribution in [3.63, 3.8) is 0 Å². The molecule has 0 fully saturated rings. The third kappa shape index (κ3) is 3.40. The van der Waals surface area contributed by atoms with Crippen molar-refractivity contribution in [2.24, 2.45) is 11.7 Å². The van der Waals surface area contributed by atoms with Gasteiger partial charge in [-0.3, -0.25) is 0 Å². The molecular weight excluding hydrogens is 100 g/mol. The maximum Gasteiger partial charge on any atom is 0.0454 e. The highest BCUT2D eigenvalue weighted by Gasteiger charge is 1.85. The zero-order valence-corrected chi connectivity index (χ0v) is 5.31. The van der Waals surface area contributed by atoms with Gasteiger partial charge in [-0.25, -0.2) is 0 Å². The van der Waals surface area contributed by atoms with Gasteiger partial charge in [0.2, 0.25) is 0 Å². The minimum absolute atomic E-state index is 0.441. The first-order chi connectivity index (χ1) is 3.66. The molecule has 0 unspecified atom stereocenters. The van der Waals surface area contributed by atoms with Crippen molar-refractivity contribution in [2.75, 3.05) is 0 Å². The minimum Gasteiger partial charge on any atom is -0.398 e. The third-order valence-electron chi connectivity index (χ3n) is 0.692. The molecule has 0 aliphatic carbocycles. The van der Waals surface area contributed by atoms with Crippen LogP contribution in [0.25, 0.3) is 0 Å². The molecule has 46 valence electrons. The molecular formula is C6H12N2. The van der Waals surface area contributed by atoms with E-state index in [4.69, 9.17) is 11.1 Å². The van der Waals surface area contributed by atoms with E-state index in [-0.39, 0.29) is 0 Å². The SMILES string of the molecule is CC(C)/C=C(\N)C=N. The van der Waals surface area contributed by atoms with Crippen molar-refractivity contribution in [3.8, 4) is 0 Å². The summed E-state index contributed by atoms with van der Waals surface area (Å²) >= 11 is 0. The molecule has 2 nitrogen and oxygen atoms in total. The monoisotopic (exact) mass is 112 g/mol. The van der Waals surface area contributed by atoms with Crippen LogP contribution in [0.5, 0.6) is 0 Å². The van der Waals surface area contributed by atoms with Crippen LogP contribution in [-0.4, -0.2) is 6.21 Å². The Labute approximate surface area is 49.9 Å². The van der Waals surface area contributed by atoms with E-state index in [2.05, 4.69) is 0 Å². The van der Waals surface area contributed by atoms with Gasteiger partial charge in [-0.1, -0.05) is 19.9 Å². The highest BCUT2D eigenvalue weighted by atomic mass is 14.6. The van der Waals surface area contributed by atoms with Crippen LogP contribution in [0.3, 0.4) is 0 Å². The van der Waals surface area contributed by atoms with Gasteiger partial charge in [0.05, 0.1) is 0 Å². The standard InChI is InChI=1S/C6H12N2/c1-5(2)3-6(8)4-7/h3-5,7H,8H2,1-2H3/b6-3-,7-4?. The molecule has 0 spiro atoms. The van der Waals surface area contributed by atoms with E-state index in [0.29, 0.717) is 11.6 Å². The highest BCUT2D eigenvalue weighted by molar-refractivity contribution is 5.74. The first-order valence-electron chi connectivity index (χ1n) is 2.64. The van der Waals surface area contributed by atoms with Crippen molar-refractivity contribution in [2.45, 2.75) is 13.8 Å². The molecule has 3 N–H and O–H groups in total. The van der Waals surface area contributed by atoms with Crippen LogP contribution in [0.1, 0.15) is 13.8 Å². The smallest absolute Gasteiger partial charge is 0.0454 e. The summed E-state index contributed by atoms with van der Waals surface area (Å²) in [5.74, 6) is 0.441. The van der Waals surface area contributed by atoms with Crippen LogP contribution in [0.4, 0.5) is 0 Å². The molecule has 0 amide bonds. The van der Waals surface area contributed by atoms with Gasteiger partial charge in [-0.05, 0) is 5.92 Å². The highest BCUT2D eigenvalue weighted by Crippen LogP contribution is 1.93. The van der Waals surface area contributed by atoms with E-state index in [0.717, 1.165) is 6.21 Å². The predicted octanol–water partition coefficient (Wildman–Crippen LogP) is 1.13. The number of hydrogen-bond donors (Lipinski definition) is 2. The van der Waals surface area contributed by atoms with E-state index < -0.39 is 0 Å². The maximum absolute atomic E-state index is 6.68. The summed E-state index contributed by atoms with van der Waals surface area (Å²) in [6.07, 6.45) is 2.99. The molecule has 0 saturated carbocycles. The van der Waals surface area contributed by atoms with Gasteiger partial charge >= 0.3 is 0 Å². The van der Waals surface area contributed by atoms with E-state index in [1.165, 1.54) is 0 Å². The van der Waals surface area contributed by atoms with Crippen molar-refractivity contribution in [1.29, 1.82) is 5.41 Å². The maximum atomic E-state index is 6.68. The van der Waals surface area contributed by atoms with Gasteiger partial charge in [0.15, 0.2) is 0 Å². The summed E-state index contributed by atoms with van der Waals surface area (Å²) in [4.78, 5) is 0. The van der Waals surface area contributed by atoms with Gasteiger partial charge in [-0.15, -0.1) is 0 Å². The number of allylic oxidation sites excluding steroid dienone is 2. The molecule has 0 rings (SSSR count). The third-order valence-corrected chi connectivity index (χ3v) is 0.692. The zero-order chi connectivity index (χ0) is 6.57. The van der Waals surface area contributed by atoms with E-state index >= 15 is 0 Å². The summed E-state index contributed by atoms with van der Waals surface area (Å²) in [6, 6.07) is 0. The second kappa shape index (κ2) is 3.24. The van der Waals surface area contributed by atoms with E-state index in [9.17, 15) is 0 Å². The van der Waals surface area contributed by atoms with Crippen LogP contribution in [0.2, 0.25) is 0 Å². The predicted molar refractivity (Wildman–Crippen MR) is 35.9 cm³/mol. The van der Waals surface area contributed by atoms with Crippen LogP contribution in [-0.2, 0) is 0 Å². The fourth-order valence-electron chi connectivity index (χ4n) is 0.433. The number of rotatable bonds is 2. The topological polar surface area (TPSA) is 49.9 Å². The Balaban J connectivity index is 3.74. The van der Waals surface area contributed by atoms with Gasteiger partial charge in [-0.2, -0.15) is 0 Å². The first-order valence-corrected chi connectivity index (χ1v) is 2.64. The Morgan fingerprint density at radius 1 is 1.62 bits per heavy atom. The molecule has 0 heterocycles. The molecule has 0 aliphatic heterocycles. The molecule has 8 heavy (non-hydrogen) atoms. The summed E-state index contributed by atoms with van der Waals surface area (Å²) in [5, 5.41) is 6.68. The quantitative estimate of drug-likeness (QED) is 0.517. The molecule has 0 aromatic carbocycles. The fraction of sp³-hybridized carbons (Fsp3) is 0.500. The lowest BCUT2D eigenvalue weighted by atomic mass is 10.2. The lowest BCUT2D eigenvalue weighted by molar-refractivity contribution is 0.825. The summed E-state index contributed by atoms with van der Waals surface area (Å²) in [6.45, 7) is 4.05. The molecule has 0 aromatic heterocycles. The molecule has 0 atom stereocenters. The van der Waals surface area contributed by atoms with Crippen molar-refractivity contribution < 1.29 is 0 Å². The average molecular weight is 112 g/mol. The Morgan fingerprint density at radius 2 is 2.12 bits per heavy atom. The van der Waals surface area contributed by atoms with Crippen LogP contribution < -0.4 is 5.73 Å². The van der Waals surface area contributed by atoms with Gasteiger partial charge in [0.1, 0.15) is 0 Å². The molecule has 0 radical (unpaired) electrons. The first kappa shape index (κ1) is 7.21. The molecule has 0 aromatic rings. The average Bonchev–Trinajstić information content (AvgIpc) is 1.65. The lowest BCUT2D eigenvalue weighted by Gasteiger charge is -1.93. The van der Waals surface area contributed by atoms with Gasteiger partial charge in [0.25, 0.3) is 0 Å². The van der Waals surface area contributed by atoms with E-state index in [1.807, 2.05) is 19.9 Å². The fourth-order valence-corrected chi connectivity index (χ4v) is 0.433. The van der Waals surface area contributed by atoms with Crippen LogP contribution >= 0.6 is 0 Å². The Kier molecular flexibility index (Phi) is 2.92. The second-order valence-corrected chi connectivity index (χ2v) is 2.06. The molecule has 0 aliphatic rings. The zero-order valence-electron chi connectivity index (χ0n) is 5.31. The van der Waals surface area contributed by atoms with Gasteiger partial charge < -0.3 is 11.1 Å². The Hall–Kier alpha value is -0.790. The lowest BCUT2D eigenvalue weighted by Crippen LogP contribution is -1.98. The van der Waals surface area contributed by atoms with Gasteiger partial charge in [0, 0.05) is 11.9 Å². The number of nitrogens with two attached hydrogens (primary N) is 1.